The number of halogens is 1. The SMILES string of the molecule is CC[C@H](C)[C@H](NC(=O)COC(=O)c1cc(Br)ccc1O)C(=O)OC. The lowest BCUT2D eigenvalue weighted by atomic mass is 9.99. The Morgan fingerprint density at radius 3 is 2.58 bits per heavy atom. The number of rotatable bonds is 7. The smallest absolute Gasteiger partial charge is 0.342 e. The highest BCUT2D eigenvalue weighted by Gasteiger charge is 2.27. The van der Waals surface area contributed by atoms with E-state index >= 15 is 0 Å². The van der Waals surface area contributed by atoms with Crippen LogP contribution in [0.4, 0.5) is 0 Å². The van der Waals surface area contributed by atoms with Crippen LogP contribution in [0.5, 0.6) is 5.75 Å². The summed E-state index contributed by atoms with van der Waals surface area (Å²) in [6.45, 7) is 3.10. The Bertz CT molecular complexity index is 619. The third-order valence-electron chi connectivity index (χ3n) is 3.50. The summed E-state index contributed by atoms with van der Waals surface area (Å²) in [5, 5.41) is 12.1. The van der Waals surface area contributed by atoms with Crippen LogP contribution in [-0.4, -0.2) is 42.7 Å². The first kappa shape index (κ1) is 20.0. The van der Waals surface area contributed by atoms with Crippen LogP contribution < -0.4 is 5.32 Å². The van der Waals surface area contributed by atoms with E-state index in [1.165, 1.54) is 19.2 Å². The number of carbonyl (C=O) groups is 3. The molecule has 0 spiro atoms. The van der Waals surface area contributed by atoms with Crippen LogP contribution in [0.1, 0.15) is 30.6 Å². The van der Waals surface area contributed by atoms with E-state index in [2.05, 4.69) is 26.0 Å². The summed E-state index contributed by atoms with van der Waals surface area (Å²) >= 11 is 3.18. The van der Waals surface area contributed by atoms with Crippen molar-refractivity contribution in [3.05, 3.63) is 28.2 Å². The normalized spacial score (nSPS) is 12.8. The highest BCUT2D eigenvalue weighted by atomic mass is 79.9. The highest BCUT2D eigenvalue weighted by molar-refractivity contribution is 9.10. The van der Waals surface area contributed by atoms with Crippen LogP contribution in [0.2, 0.25) is 0 Å². The summed E-state index contributed by atoms with van der Waals surface area (Å²) < 4.78 is 10.1. The minimum absolute atomic E-state index is 0.0661. The molecule has 132 valence electrons. The van der Waals surface area contributed by atoms with Gasteiger partial charge in [0.25, 0.3) is 5.91 Å². The van der Waals surface area contributed by atoms with E-state index in [9.17, 15) is 19.5 Å². The van der Waals surface area contributed by atoms with Crippen molar-refractivity contribution in [3.63, 3.8) is 0 Å². The maximum Gasteiger partial charge on any atom is 0.342 e. The number of methoxy groups -OCH3 is 1. The van der Waals surface area contributed by atoms with Gasteiger partial charge in [-0.1, -0.05) is 36.2 Å². The van der Waals surface area contributed by atoms with Crippen molar-refractivity contribution in [3.8, 4) is 5.75 Å². The van der Waals surface area contributed by atoms with Crippen LogP contribution in [0, 0.1) is 5.92 Å². The molecule has 0 bridgehead atoms. The molecule has 0 radical (unpaired) electrons. The average molecular weight is 402 g/mol. The molecule has 0 aliphatic heterocycles. The predicted molar refractivity (Wildman–Crippen MR) is 89.5 cm³/mol. The minimum atomic E-state index is -0.845. The van der Waals surface area contributed by atoms with E-state index in [-0.39, 0.29) is 17.2 Å². The minimum Gasteiger partial charge on any atom is -0.507 e. The summed E-state index contributed by atoms with van der Waals surface area (Å²) in [5.74, 6) is -2.42. The zero-order valence-corrected chi connectivity index (χ0v) is 15.3. The number of carbonyl (C=O) groups excluding carboxylic acids is 3. The molecule has 0 heterocycles. The summed E-state index contributed by atoms with van der Waals surface area (Å²) in [7, 11) is 1.24. The molecule has 0 unspecified atom stereocenters. The number of phenolic OH excluding ortho intramolecular Hbond substituents is 1. The van der Waals surface area contributed by atoms with E-state index in [0.29, 0.717) is 10.9 Å². The molecule has 7 nitrogen and oxygen atoms in total. The maximum absolute atomic E-state index is 11.9. The van der Waals surface area contributed by atoms with Crippen LogP contribution in [0.25, 0.3) is 0 Å². The molecular weight excluding hydrogens is 382 g/mol. The molecule has 0 aliphatic carbocycles. The lowest BCUT2D eigenvalue weighted by Crippen LogP contribution is -2.47. The molecule has 0 saturated heterocycles. The lowest BCUT2D eigenvalue weighted by Gasteiger charge is -2.21. The van der Waals surface area contributed by atoms with Gasteiger partial charge < -0.3 is 19.9 Å². The molecule has 0 aliphatic rings. The second kappa shape index (κ2) is 9.27. The quantitative estimate of drug-likeness (QED) is 0.677. The average Bonchev–Trinajstić information content (AvgIpc) is 2.58. The molecule has 24 heavy (non-hydrogen) atoms. The first-order valence-electron chi connectivity index (χ1n) is 7.33. The third kappa shape index (κ3) is 5.52. The van der Waals surface area contributed by atoms with Crippen LogP contribution in [-0.2, 0) is 19.1 Å². The maximum atomic E-state index is 11.9. The fourth-order valence-electron chi connectivity index (χ4n) is 1.89. The fraction of sp³-hybridized carbons (Fsp3) is 0.438. The summed E-state index contributed by atoms with van der Waals surface area (Å²) in [5.41, 5.74) is -0.0661. The van der Waals surface area contributed by atoms with Gasteiger partial charge in [-0.2, -0.15) is 0 Å². The van der Waals surface area contributed by atoms with Crippen molar-refractivity contribution in [1.29, 1.82) is 0 Å². The molecule has 2 N–H and O–H groups in total. The highest BCUT2D eigenvalue weighted by Crippen LogP contribution is 2.22. The lowest BCUT2D eigenvalue weighted by molar-refractivity contribution is -0.147. The van der Waals surface area contributed by atoms with Gasteiger partial charge in [-0.25, -0.2) is 9.59 Å². The Morgan fingerprint density at radius 1 is 1.33 bits per heavy atom. The molecular formula is C16H20BrNO6. The van der Waals surface area contributed by atoms with Gasteiger partial charge in [0.2, 0.25) is 0 Å². The Hall–Kier alpha value is -2.09. The number of aromatic hydroxyl groups is 1. The third-order valence-corrected chi connectivity index (χ3v) is 3.99. The van der Waals surface area contributed by atoms with E-state index < -0.39 is 30.5 Å². The molecule has 1 rings (SSSR count). The molecule has 8 heteroatoms. The van der Waals surface area contributed by atoms with Gasteiger partial charge in [0.15, 0.2) is 6.61 Å². The van der Waals surface area contributed by atoms with Gasteiger partial charge in [0.05, 0.1) is 7.11 Å². The molecule has 1 aromatic rings. The summed E-state index contributed by atoms with van der Waals surface area (Å²) in [6, 6.07) is 3.46. The topological polar surface area (TPSA) is 102 Å². The van der Waals surface area contributed by atoms with Gasteiger partial charge in [-0.05, 0) is 24.1 Å². The van der Waals surface area contributed by atoms with E-state index in [1.54, 1.807) is 13.0 Å². The van der Waals surface area contributed by atoms with Crippen LogP contribution in [0.3, 0.4) is 0 Å². The number of hydrogen-bond acceptors (Lipinski definition) is 6. The van der Waals surface area contributed by atoms with Crippen LogP contribution >= 0.6 is 15.9 Å². The molecule has 0 fully saturated rings. The summed E-state index contributed by atoms with van der Waals surface area (Å²) in [4.78, 5) is 35.5. The van der Waals surface area contributed by atoms with Gasteiger partial charge >= 0.3 is 11.9 Å². The van der Waals surface area contributed by atoms with Crippen molar-refractivity contribution in [1.82, 2.24) is 5.32 Å². The molecule has 0 saturated carbocycles. The number of hydrogen-bond donors (Lipinski definition) is 2. The Morgan fingerprint density at radius 2 is 2.00 bits per heavy atom. The second-order valence-electron chi connectivity index (χ2n) is 5.19. The van der Waals surface area contributed by atoms with Gasteiger partial charge in [0.1, 0.15) is 17.4 Å². The van der Waals surface area contributed by atoms with Gasteiger partial charge in [-0.15, -0.1) is 0 Å². The number of nitrogens with one attached hydrogen (secondary N) is 1. The predicted octanol–water partition coefficient (Wildman–Crippen LogP) is 2.02. The fourth-order valence-corrected chi connectivity index (χ4v) is 2.25. The Kier molecular flexibility index (Phi) is 7.70. The zero-order chi connectivity index (χ0) is 18.3. The van der Waals surface area contributed by atoms with Crippen LogP contribution in [0.15, 0.2) is 22.7 Å². The van der Waals surface area contributed by atoms with Gasteiger partial charge in [-0.3, -0.25) is 4.79 Å². The number of esters is 2. The zero-order valence-electron chi connectivity index (χ0n) is 13.7. The first-order valence-corrected chi connectivity index (χ1v) is 8.12. The Labute approximate surface area is 148 Å². The number of benzene rings is 1. The van der Waals surface area contributed by atoms with E-state index in [4.69, 9.17) is 4.74 Å². The number of amides is 1. The van der Waals surface area contributed by atoms with Crippen molar-refractivity contribution in [2.45, 2.75) is 26.3 Å². The largest absolute Gasteiger partial charge is 0.507 e. The number of ether oxygens (including phenoxy) is 2. The van der Waals surface area contributed by atoms with Crippen molar-refractivity contribution in [2.75, 3.05) is 13.7 Å². The molecule has 1 aromatic carbocycles. The second-order valence-corrected chi connectivity index (χ2v) is 6.11. The molecule has 0 aromatic heterocycles. The van der Waals surface area contributed by atoms with Gasteiger partial charge in [0, 0.05) is 4.47 Å². The van der Waals surface area contributed by atoms with Crippen molar-refractivity contribution < 1.29 is 29.0 Å². The first-order chi connectivity index (χ1) is 11.3. The summed E-state index contributed by atoms with van der Waals surface area (Å²) in [6.07, 6.45) is 0.658. The number of phenols is 1. The van der Waals surface area contributed by atoms with Crippen molar-refractivity contribution >= 4 is 33.8 Å². The van der Waals surface area contributed by atoms with E-state index in [0.717, 1.165) is 0 Å². The monoisotopic (exact) mass is 401 g/mol. The standard InChI is InChI=1S/C16H20BrNO6/c1-4-9(2)14(16(22)23-3)18-13(20)8-24-15(21)11-7-10(17)5-6-12(11)19/h5-7,9,14,19H,4,8H2,1-3H3,(H,18,20)/t9-,14-/m0/s1. The van der Waals surface area contributed by atoms with Crippen molar-refractivity contribution in [2.24, 2.45) is 5.92 Å². The van der Waals surface area contributed by atoms with E-state index in [1.807, 2.05) is 6.92 Å². The Balaban J connectivity index is 2.66. The molecule has 2 atom stereocenters. The molecule has 1 amide bonds.